The SMILES string of the molecule is O=C1CC(C2=Nc3ccccc3[N]2)CN1c1cccc2ccccc12. The zero-order valence-electron chi connectivity index (χ0n) is 13.6. The maximum Gasteiger partial charge on any atom is 0.227 e. The first-order valence-corrected chi connectivity index (χ1v) is 8.47. The summed E-state index contributed by atoms with van der Waals surface area (Å²) in [5.74, 6) is 0.950. The molecule has 1 fully saturated rings. The molecular weight excluding hydrogens is 310 g/mol. The smallest absolute Gasteiger partial charge is 0.227 e. The Hall–Kier alpha value is -3.14. The fourth-order valence-electron chi connectivity index (χ4n) is 3.66. The van der Waals surface area contributed by atoms with E-state index in [4.69, 9.17) is 0 Å². The van der Waals surface area contributed by atoms with Crippen molar-refractivity contribution in [1.29, 1.82) is 0 Å². The molecule has 2 heterocycles. The summed E-state index contributed by atoms with van der Waals surface area (Å²) in [5, 5.41) is 6.88. The molecule has 1 amide bonds. The highest BCUT2D eigenvalue weighted by atomic mass is 16.2. The Bertz CT molecular complexity index is 1020. The minimum atomic E-state index is 0.0406. The van der Waals surface area contributed by atoms with Crippen LogP contribution in [0, 0.1) is 5.92 Å². The average molecular weight is 326 g/mol. The van der Waals surface area contributed by atoms with Crippen molar-refractivity contribution in [1.82, 2.24) is 5.32 Å². The van der Waals surface area contributed by atoms with Gasteiger partial charge in [-0.2, -0.15) is 0 Å². The summed E-state index contributed by atoms with van der Waals surface area (Å²) in [6, 6.07) is 22.1. The first-order valence-electron chi connectivity index (χ1n) is 8.47. The number of carbonyl (C=O) groups is 1. The maximum atomic E-state index is 12.7. The van der Waals surface area contributed by atoms with Gasteiger partial charge in [0.05, 0.1) is 17.1 Å². The van der Waals surface area contributed by atoms with Gasteiger partial charge in [0.25, 0.3) is 0 Å². The van der Waals surface area contributed by atoms with E-state index in [0.29, 0.717) is 13.0 Å². The molecule has 25 heavy (non-hydrogen) atoms. The van der Waals surface area contributed by atoms with Crippen LogP contribution < -0.4 is 10.2 Å². The van der Waals surface area contributed by atoms with Crippen molar-refractivity contribution in [2.75, 3.05) is 11.4 Å². The predicted molar refractivity (Wildman–Crippen MR) is 99.7 cm³/mol. The number of rotatable bonds is 2. The van der Waals surface area contributed by atoms with E-state index < -0.39 is 0 Å². The zero-order chi connectivity index (χ0) is 16.8. The van der Waals surface area contributed by atoms with E-state index in [9.17, 15) is 4.79 Å². The number of carbonyl (C=O) groups excluding carboxylic acids is 1. The average Bonchev–Trinajstić information content (AvgIpc) is 3.24. The molecule has 0 bridgehead atoms. The summed E-state index contributed by atoms with van der Waals surface area (Å²) in [6.45, 7) is 0.628. The van der Waals surface area contributed by atoms with Crippen LogP contribution in [0.3, 0.4) is 0 Å². The third kappa shape index (κ3) is 2.30. The molecule has 0 spiro atoms. The molecule has 121 valence electrons. The van der Waals surface area contributed by atoms with Crippen molar-refractivity contribution in [2.24, 2.45) is 10.9 Å². The van der Waals surface area contributed by atoms with Crippen LogP contribution in [-0.4, -0.2) is 18.3 Å². The number of hydrogen-bond acceptors (Lipinski definition) is 2. The number of benzene rings is 3. The van der Waals surface area contributed by atoms with Crippen molar-refractivity contribution in [3.8, 4) is 0 Å². The lowest BCUT2D eigenvalue weighted by molar-refractivity contribution is -0.117. The van der Waals surface area contributed by atoms with Gasteiger partial charge in [-0.3, -0.25) is 4.79 Å². The number of fused-ring (bicyclic) bond motifs is 2. The summed E-state index contributed by atoms with van der Waals surface area (Å²) < 4.78 is 0. The molecule has 4 nitrogen and oxygen atoms in total. The first-order chi connectivity index (χ1) is 12.3. The number of nitrogens with zero attached hydrogens (tertiary/aromatic N) is 3. The molecule has 4 heteroatoms. The van der Waals surface area contributed by atoms with Gasteiger partial charge in [-0.25, -0.2) is 10.3 Å². The minimum absolute atomic E-state index is 0.0406. The molecule has 3 aromatic rings. The summed E-state index contributed by atoms with van der Waals surface area (Å²) in [7, 11) is 0. The molecule has 0 saturated carbocycles. The van der Waals surface area contributed by atoms with E-state index in [2.05, 4.69) is 28.5 Å². The van der Waals surface area contributed by atoms with Crippen LogP contribution in [-0.2, 0) is 4.79 Å². The minimum Gasteiger partial charge on any atom is -0.311 e. The molecule has 0 aliphatic carbocycles. The van der Waals surface area contributed by atoms with Crippen LogP contribution in [0.2, 0.25) is 0 Å². The van der Waals surface area contributed by atoms with E-state index in [0.717, 1.165) is 33.7 Å². The Kier molecular flexibility index (Phi) is 3.10. The quantitative estimate of drug-likeness (QED) is 0.697. The normalized spacial score (nSPS) is 19.0. The number of para-hydroxylation sites is 2. The predicted octanol–water partition coefficient (Wildman–Crippen LogP) is 4.17. The van der Waals surface area contributed by atoms with Gasteiger partial charge in [-0.15, -0.1) is 0 Å². The van der Waals surface area contributed by atoms with Gasteiger partial charge in [0.1, 0.15) is 5.84 Å². The van der Waals surface area contributed by atoms with Crippen LogP contribution in [0.25, 0.3) is 10.8 Å². The highest BCUT2D eigenvalue weighted by Crippen LogP contribution is 2.36. The third-order valence-corrected chi connectivity index (χ3v) is 4.90. The fraction of sp³-hybridized carbons (Fsp3) is 0.143. The summed E-state index contributed by atoms with van der Waals surface area (Å²) >= 11 is 0. The van der Waals surface area contributed by atoms with E-state index >= 15 is 0 Å². The number of anilines is 1. The highest BCUT2D eigenvalue weighted by molar-refractivity contribution is 6.09. The van der Waals surface area contributed by atoms with Crippen molar-refractivity contribution >= 4 is 39.6 Å². The third-order valence-electron chi connectivity index (χ3n) is 4.90. The van der Waals surface area contributed by atoms with Crippen LogP contribution in [0.1, 0.15) is 6.42 Å². The van der Waals surface area contributed by atoms with E-state index in [1.807, 2.05) is 53.4 Å². The Morgan fingerprint density at radius 1 is 0.880 bits per heavy atom. The van der Waals surface area contributed by atoms with Gasteiger partial charge in [0.2, 0.25) is 5.91 Å². The van der Waals surface area contributed by atoms with Gasteiger partial charge < -0.3 is 4.90 Å². The first kappa shape index (κ1) is 14.2. The second kappa shape index (κ2) is 5.45. The van der Waals surface area contributed by atoms with Crippen molar-refractivity contribution in [3.63, 3.8) is 0 Å². The van der Waals surface area contributed by atoms with Gasteiger partial charge in [-0.1, -0.05) is 48.5 Å². The number of amides is 1. The van der Waals surface area contributed by atoms with E-state index in [-0.39, 0.29) is 11.8 Å². The van der Waals surface area contributed by atoms with Gasteiger partial charge in [0, 0.05) is 24.3 Å². The Balaban J connectivity index is 1.47. The van der Waals surface area contributed by atoms with E-state index in [1.165, 1.54) is 0 Å². The molecule has 0 N–H and O–H groups in total. The largest absolute Gasteiger partial charge is 0.311 e. The number of aliphatic imine (C=N–C) groups is 1. The lowest BCUT2D eigenvalue weighted by Gasteiger charge is -2.19. The standard InChI is InChI=1S/C21H16N3O/c25-20-12-15(21-22-17-9-3-4-10-18(17)23-21)13-24(20)19-11-5-7-14-6-1-2-8-16(14)19/h1-11,15H,12-13H2. The molecule has 1 radical (unpaired) electrons. The fourth-order valence-corrected chi connectivity index (χ4v) is 3.66. The summed E-state index contributed by atoms with van der Waals surface area (Å²) in [6.07, 6.45) is 0.458. The molecule has 2 aliphatic heterocycles. The monoisotopic (exact) mass is 326 g/mol. The van der Waals surface area contributed by atoms with Gasteiger partial charge >= 0.3 is 0 Å². The highest BCUT2D eigenvalue weighted by Gasteiger charge is 2.36. The molecule has 3 aromatic carbocycles. The molecule has 5 rings (SSSR count). The van der Waals surface area contributed by atoms with Gasteiger partial charge in [0.15, 0.2) is 0 Å². The summed E-state index contributed by atoms with van der Waals surface area (Å²) in [4.78, 5) is 19.2. The Labute approximate surface area is 145 Å². The molecule has 1 atom stereocenters. The number of hydrogen-bond donors (Lipinski definition) is 0. The van der Waals surface area contributed by atoms with Crippen LogP contribution in [0.5, 0.6) is 0 Å². The second-order valence-electron chi connectivity index (χ2n) is 6.47. The molecule has 1 unspecified atom stereocenters. The Morgan fingerprint density at radius 2 is 1.64 bits per heavy atom. The summed E-state index contributed by atoms with van der Waals surface area (Å²) in [5.41, 5.74) is 2.77. The lowest BCUT2D eigenvalue weighted by Crippen LogP contribution is -2.27. The zero-order valence-corrected chi connectivity index (χ0v) is 13.6. The topological polar surface area (TPSA) is 46.8 Å². The number of amidine groups is 1. The Morgan fingerprint density at radius 3 is 2.52 bits per heavy atom. The molecule has 2 aliphatic rings. The van der Waals surface area contributed by atoms with E-state index in [1.54, 1.807) is 0 Å². The molecule has 0 aromatic heterocycles. The van der Waals surface area contributed by atoms with Crippen molar-refractivity contribution < 1.29 is 4.79 Å². The molecular formula is C21H16N3O. The van der Waals surface area contributed by atoms with Crippen LogP contribution in [0.4, 0.5) is 17.1 Å². The second-order valence-corrected chi connectivity index (χ2v) is 6.47. The van der Waals surface area contributed by atoms with Crippen molar-refractivity contribution in [3.05, 3.63) is 66.7 Å². The van der Waals surface area contributed by atoms with Crippen LogP contribution in [0.15, 0.2) is 71.7 Å². The van der Waals surface area contributed by atoms with Crippen LogP contribution >= 0.6 is 0 Å². The van der Waals surface area contributed by atoms with Gasteiger partial charge in [-0.05, 0) is 23.6 Å². The lowest BCUT2D eigenvalue weighted by atomic mass is 10.1. The van der Waals surface area contributed by atoms with Crippen molar-refractivity contribution in [2.45, 2.75) is 6.42 Å². The maximum absolute atomic E-state index is 12.7. The molecule has 1 saturated heterocycles.